The summed E-state index contributed by atoms with van der Waals surface area (Å²) in [6, 6.07) is 18.4. The van der Waals surface area contributed by atoms with E-state index in [-0.39, 0.29) is 5.91 Å². The lowest BCUT2D eigenvalue weighted by atomic mass is 9.90. The van der Waals surface area contributed by atoms with Gasteiger partial charge in [0.1, 0.15) is 5.82 Å². The Labute approximate surface area is 217 Å². The molecule has 0 radical (unpaired) electrons. The van der Waals surface area contributed by atoms with Crippen LogP contribution in [0.3, 0.4) is 0 Å². The fourth-order valence-electron chi connectivity index (χ4n) is 5.50. The summed E-state index contributed by atoms with van der Waals surface area (Å²) in [7, 11) is 1.90. The van der Waals surface area contributed by atoms with Gasteiger partial charge >= 0.3 is 0 Å². The van der Waals surface area contributed by atoms with Gasteiger partial charge < -0.3 is 15.1 Å². The molecule has 0 bridgehead atoms. The lowest BCUT2D eigenvalue weighted by molar-refractivity contribution is 0.0690. The number of rotatable bonds is 6. The third-order valence-electron chi connectivity index (χ3n) is 7.61. The van der Waals surface area contributed by atoms with Gasteiger partial charge in [-0.1, -0.05) is 36.4 Å². The molecule has 2 fully saturated rings. The maximum Gasteiger partial charge on any atom is 0.253 e. The third-order valence-corrected chi connectivity index (χ3v) is 7.61. The maximum absolute atomic E-state index is 13.4. The van der Waals surface area contributed by atoms with Crippen molar-refractivity contribution in [3.05, 3.63) is 71.9 Å². The topological polar surface area (TPSA) is 79.2 Å². The minimum atomic E-state index is 0.0915. The van der Waals surface area contributed by atoms with Crippen molar-refractivity contribution in [3.63, 3.8) is 0 Å². The number of anilines is 3. The van der Waals surface area contributed by atoms with Gasteiger partial charge in [0.05, 0.1) is 11.6 Å². The Morgan fingerprint density at radius 2 is 1.76 bits per heavy atom. The SMILES string of the molecule is Cn1ncc2c(Nc3cccc(C(=O)N4CCC(Cc5ccccc5)CC4)c3)nc(N3CCCC3)nc21. The van der Waals surface area contributed by atoms with Crippen LogP contribution in [0.1, 0.15) is 41.6 Å². The lowest BCUT2D eigenvalue weighted by Gasteiger charge is -2.32. The van der Waals surface area contributed by atoms with Crippen molar-refractivity contribution in [2.75, 3.05) is 36.4 Å². The number of carbonyl (C=O) groups excluding carboxylic acids is 1. The van der Waals surface area contributed by atoms with Crippen LogP contribution in [0.2, 0.25) is 0 Å². The highest BCUT2D eigenvalue weighted by Gasteiger charge is 2.24. The standard InChI is InChI=1S/C29H33N7O/c1-34-27-25(20-30-34)26(32-29(33-27)36-14-5-6-15-36)31-24-11-7-10-23(19-24)28(37)35-16-12-22(13-17-35)18-21-8-3-2-4-9-21/h2-4,7-11,19-20,22H,5-6,12-18H2,1H3,(H,31,32,33). The molecule has 190 valence electrons. The number of hydrogen-bond acceptors (Lipinski definition) is 6. The van der Waals surface area contributed by atoms with Crippen LogP contribution in [-0.4, -0.2) is 56.7 Å². The molecule has 37 heavy (non-hydrogen) atoms. The first kappa shape index (κ1) is 23.5. The summed E-state index contributed by atoms with van der Waals surface area (Å²) in [5.74, 6) is 2.16. The molecule has 1 N–H and O–H groups in total. The smallest absolute Gasteiger partial charge is 0.253 e. The Morgan fingerprint density at radius 1 is 0.973 bits per heavy atom. The van der Waals surface area contributed by atoms with Crippen LogP contribution in [0.4, 0.5) is 17.5 Å². The van der Waals surface area contributed by atoms with E-state index in [9.17, 15) is 4.79 Å². The van der Waals surface area contributed by atoms with Crippen molar-refractivity contribution in [3.8, 4) is 0 Å². The predicted octanol–water partition coefficient (Wildman–Crippen LogP) is 4.80. The van der Waals surface area contributed by atoms with Crippen LogP contribution in [0.15, 0.2) is 60.8 Å². The summed E-state index contributed by atoms with van der Waals surface area (Å²) >= 11 is 0. The third kappa shape index (κ3) is 5.01. The van der Waals surface area contributed by atoms with Crippen molar-refractivity contribution >= 4 is 34.4 Å². The molecule has 8 nitrogen and oxygen atoms in total. The van der Waals surface area contributed by atoms with Crippen LogP contribution in [0.25, 0.3) is 11.0 Å². The number of nitrogens with one attached hydrogen (secondary N) is 1. The van der Waals surface area contributed by atoms with Crippen molar-refractivity contribution in [1.82, 2.24) is 24.6 Å². The average Bonchev–Trinajstić information content (AvgIpc) is 3.60. The highest BCUT2D eigenvalue weighted by molar-refractivity contribution is 5.96. The van der Waals surface area contributed by atoms with Crippen LogP contribution in [-0.2, 0) is 13.5 Å². The monoisotopic (exact) mass is 495 g/mol. The van der Waals surface area contributed by atoms with E-state index in [1.807, 2.05) is 36.2 Å². The van der Waals surface area contributed by atoms with E-state index in [0.717, 1.165) is 81.0 Å². The Morgan fingerprint density at radius 3 is 2.54 bits per heavy atom. The molecular formula is C29H33N7O. The van der Waals surface area contributed by atoms with Crippen molar-refractivity contribution < 1.29 is 4.79 Å². The summed E-state index contributed by atoms with van der Waals surface area (Å²) in [6.07, 6.45) is 7.27. The highest BCUT2D eigenvalue weighted by atomic mass is 16.2. The minimum absolute atomic E-state index is 0.0915. The predicted molar refractivity (Wildman–Crippen MR) is 146 cm³/mol. The van der Waals surface area contributed by atoms with Crippen molar-refractivity contribution in [2.24, 2.45) is 13.0 Å². The van der Waals surface area contributed by atoms with Crippen LogP contribution < -0.4 is 10.2 Å². The van der Waals surface area contributed by atoms with Gasteiger partial charge in [-0.2, -0.15) is 15.1 Å². The van der Waals surface area contributed by atoms with E-state index < -0.39 is 0 Å². The molecule has 1 amide bonds. The molecule has 0 saturated carbocycles. The second-order valence-corrected chi connectivity index (χ2v) is 10.2. The maximum atomic E-state index is 13.4. The molecule has 2 aromatic carbocycles. The summed E-state index contributed by atoms with van der Waals surface area (Å²) in [5, 5.41) is 8.72. The number of hydrogen-bond donors (Lipinski definition) is 1. The van der Waals surface area contributed by atoms with E-state index in [1.165, 1.54) is 5.56 Å². The number of nitrogens with zero attached hydrogens (tertiary/aromatic N) is 6. The molecule has 2 aliphatic heterocycles. The Balaban J connectivity index is 1.16. The highest BCUT2D eigenvalue weighted by Crippen LogP contribution is 2.28. The number of piperidine rings is 1. The van der Waals surface area contributed by atoms with Gasteiger partial charge in [0.2, 0.25) is 5.95 Å². The van der Waals surface area contributed by atoms with E-state index in [1.54, 1.807) is 10.9 Å². The molecule has 2 aliphatic rings. The zero-order valence-corrected chi connectivity index (χ0v) is 21.3. The summed E-state index contributed by atoms with van der Waals surface area (Å²) in [6.45, 7) is 3.54. The molecule has 4 aromatic rings. The summed E-state index contributed by atoms with van der Waals surface area (Å²) in [4.78, 5) is 27.2. The molecule has 4 heterocycles. The van der Waals surface area contributed by atoms with Crippen molar-refractivity contribution in [2.45, 2.75) is 32.1 Å². The Bertz CT molecular complexity index is 1390. The molecule has 2 saturated heterocycles. The number of benzene rings is 2. The largest absolute Gasteiger partial charge is 0.341 e. The van der Waals surface area contributed by atoms with Crippen LogP contribution in [0, 0.1) is 5.92 Å². The van der Waals surface area contributed by atoms with Gasteiger partial charge in [0.25, 0.3) is 5.91 Å². The molecule has 0 aliphatic carbocycles. The van der Waals surface area contributed by atoms with Gasteiger partial charge in [0.15, 0.2) is 5.65 Å². The summed E-state index contributed by atoms with van der Waals surface area (Å²) in [5.41, 5.74) is 3.71. The number of carbonyl (C=O) groups is 1. The Hall–Kier alpha value is -3.94. The fraction of sp³-hybridized carbons (Fsp3) is 0.379. The molecule has 8 heteroatoms. The van der Waals surface area contributed by atoms with Crippen LogP contribution in [0.5, 0.6) is 0 Å². The van der Waals surface area contributed by atoms with E-state index >= 15 is 0 Å². The molecule has 0 atom stereocenters. The first-order valence-electron chi connectivity index (χ1n) is 13.3. The normalized spacial score (nSPS) is 16.5. The first-order valence-corrected chi connectivity index (χ1v) is 13.3. The van der Waals surface area contributed by atoms with E-state index in [4.69, 9.17) is 9.97 Å². The van der Waals surface area contributed by atoms with E-state index in [0.29, 0.717) is 17.3 Å². The van der Waals surface area contributed by atoms with Crippen molar-refractivity contribution in [1.29, 1.82) is 0 Å². The molecule has 0 unspecified atom stereocenters. The molecule has 6 rings (SSSR count). The quantitative estimate of drug-likeness (QED) is 0.414. The number of amides is 1. The van der Waals surface area contributed by atoms with E-state index in [2.05, 4.69) is 45.6 Å². The second-order valence-electron chi connectivity index (χ2n) is 10.2. The number of likely N-dealkylation sites (tertiary alicyclic amines) is 1. The molecule has 0 spiro atoms. The number of aromatic nitrogens is 4. The minimum Gasteiger partial charge on any atom is -0.341 e. The first-order chi connectivity index (χ1) is 18.1. The lowest BCUT2D eigenvalue weighted by Crippen LogP contribution is -2.38. The number of fused-ring (bicyclic) bond motifs is 1. The zero-order chi connectivity index (χ0) is 25.2. The van der Waals surface area contributed by atoms with Gasteiger partial charge in [-0.05, 0) is 61.8 Å². The van der Waals surface area contributed by atoms with Gasteiger partial charge in [-0.15, -0.1) is 0 Å². The van der Waals surface area contributed by atoms with Gasteiger partial charge in [0, 0.05) is 44.5 Å². The Kier molecular flexibility index (Phi) is 6.47. The van der Waals surface area contributed by atoms with Crippen LogP contribution >= 0.6 is 0 Å². The van der Waals surface area contributed by atoms with Gasteiger partial charge in [-0.25, -0.2) is 0 Å². The average molecular weight is 496 g/mol. The molecular weight excluding hydrogens is 462 g/mol. The fourth-order valence-corrected chi connectivity index (χ4v) is 5.50. The van der Waals surface area contributed by atoms with Gasteiger partial charge in [-0.3, -0.25) is 9.48 Å². The number of aryl methyl sites for hydroxylation is 1. The zero-order valence-electron chi connectivity index (χ0n) is 21.3. The molecule has 2 aromatic heterocycles. The summed E-state index contributed by atoms with van der Waals surface area (Å²) < 4.78 is 1.78. The second kappa shape index (κ2) is 10.2.